The number of carboxylic acids is 1. The SMILES string of the molecule is CC(C(=O)O)S(=O)(=O)NC1COc2ccccc21. The van der Waals surface area contributed by atoms with E-state index >= 15 is 0 Å². The molecule has 1 aliphatic rings. The highest BCUT2D eigenvalue weighted by molar-refractivity contribution is 7.90. The number of hydrogen-bond donors (Lipinski definition) is 2. The Kier molecular flexibility index (Phi) is 3.27. The number of benzene rings is 1. The van der Waals surface area contributed by atoms with Crippen LogP contribution in [0.4, 0.5) is 0 Å². The highest BCUT2D eigenvalue weighted by Gasteiger charge is 2.33. The monoisotopic (exact) mass is 271 g/mol. The van der Waals surface area contributed by atoms with E-state index in [4.69, 9.17) is 9.84 Å². The average molecular weight is 271 g/mol. The van der Waals surface area contributed by atoms with Crippen LogP contribution in [-0.2, 0) is 14.8 Å². The maximum atomic E-state index is 11.8. The van der Waals surface area contributed by atoms with Gasteiger partial charge in [0.2, 0.25) is 10.0 Å². The quantitative estimate of drug-likeness (QED) is 0.832. The smallest absolute Gasteiger partial charge is 0.323 e. The molecule has 2 unspecified atom stereocenters. The van der Waals surface area contributed by atoms with Crippen molar-refractivity contribution in [2.45, 2.75) is 18.2 Å². The summed E-state index contributed by atoms with van der Waals surface area (Å²) in [5.74, 6) is -0.761. The number of sulfonamides is 1. The van der Waals surface area contributed by atoms with E-state index in [1.165, 1.54) is 0 Å². The highest BCUT2D eigenvalue weighted by atomic mass is 32.2. The molecular weight excluding hydrogens is 258 g/mol. The molecule has 0 amide bonds. The molecular formula is C11H13NO5S. The summed E-state index contributed by atoms with van der Waals surface area (Å²) in [6, 6.07) is 6.52. The fourth-order valence-electron chi connectivity index (χ4n) is 1.69. The lowest BCUT2D eigenvalue weighted by molar-refractivity contribution is -0.136. The van der Waals surface area contributed by atoms with Gasteiger partial charge in [-0.1, -0.05) is 18.2 Å². The average Bonchev–Trinajstić information content (AvgIpc) is 2.71. The second-order valence-corrected chi connectivity index (χ2v) is 6.08. The molecule has 1 aromatic rings. The van der Waals surface area contributed by atoms with E-state index in [0.29, 0.717) is 5.75 Å². The van der Waals surface area contributed by atoms with Crippen LogP contribution in [-0.4, -0.2) is 31.4 Å². The minimum atomic E-state index is -3.92. The zero-order valence-electron chi connectivity index (χ0n) is 9.66. The number of carboxylic acid groups (broad SMARTS) is 1. The Morgan fingerprint density at radius 3 is 2.83 bits per heavy atom. The third-order valence-electron chi connectivity index (χ3n) is 2.82. The lowest BCUT2D eigenvalue weighted by atomic mass is 10.1. The molecule has 2 atom stereocenters. The Bertz CT molecular complexity index is 569. The number of nitrogens with one attached hydrogen (secondary N) is 1. The molecule has 0 aromatic heterocycles. The van der Waals surface area contributed by atoms with Gasteiger partial charge in [0.25, 0.3) is 0 Å². The molecule has 98 valence electrons. The molecule has 2 rings (SSSR count). The molecule has 0 aliphatic carbocycles. The Balaban J connectivity index is 2.20. The van der Waals surface area contributed by atoms with E-state index in [2.05, 4.69) is 4.72 Å². The number of carbonyl (C=O) groups is 1. The fourth-order valence-corrected chi connectivity index (χ4v) is 2.75. The van der Waals surface area contributed by atoms with Crippen LogP contribution in [0.3, 0.4) is 0 Å². The predicted octanol–water partition coefficient (Wildman–Crippen LogP) is 0.513. The van der Waals surface area contributed by atoms with E-state index in [1.807, 2.05) is 0 Å². The summed E-state index contributed by atoms with van der Waals surface area (Å²) in [4.78, 5) is 10.7. The van der Waals surface area contributed by atoms with Gasteiger partial charge >= 0.3 is 5.97 Å². The lowest BCUT2D eigenvalue weighted by Crippen LogP contribution is -2.39. The molecule has 1 aromatic carbocycles. The molecule has 1 heterocycles. The summed E-state index contributed by atoms with van der Waals surface area (Å²) < 4.78 is 31.3. The van der Waals surface area contributed by atoms with Gasteiger partial charge in [0.15, 0.2) is 5.25 Å². The lowest BCUT2D eigenvalue weighted by Gasteiger charge is -2.14. The van der Waals surface area contributed by atoms with E-state index in [0.717, 1.165) is 12.5 Å². The van der Waals surface area contributed by atoms with Crippen molar-refractivity contribution in [1.29, 1.82) is 0 Å². The van der Waals surface area contributed by atoms with Crippen LogP contribution in [0.5, 0.6) is 5.75 Å². The largest absolute Gasteiger partial charge is 0.491 e. The summed E-state index contributed by atoms with van der Waals surface area (Å²) in [6.07, 6.45) is 0. The molecule has 0 fully saturated rings. The van der Waals surface area contributed by atoms with Crippen molar-refractivity contribution in [3.8, 4) is 5.75 Å². The molecule has 2 N–H and O–H groups in total. The second-order valence-electron chi connectivity index (χ2n) is 4.04. The minimum Gasteiger partial charge on any atom is -0.491 e. The molecule has 0 bridgehead atoms. The van der Waals surface area contributed by atoms with Gasteiger partial charge in [0, 0.05) is 5.56 Å². The number of hydrogen-bond acceptors (Lipinski definition) is 4. The first-order valence-corrected chi connectivity index (χ1v) is 6.92. The summed E-state index contributed by atoms with van der Waals surface area (Å²) in [7, 11) is -3.92. The van der Waals surface area contributed by atoms with Crippen LogP contribution in [0.25, 0.3) is 0 Å². The first-order chi connectivity index (χ1) is 8.42. The van der Waals surface area contributed by atoms with Gasteiger partial charge in [0.1, 0.15) is 12.4 Å². The van der Waals surface area contributed by atoms with E-state index in [-0.39, 0.29) is 6.61 Å². The van der Waals surface area contributed by atoms with Gasteiger partial charge in [-0.25, -0.2) is 13.1 Å². The van der Waals surface area contributed by atoms with E-state index in [9.17, 15) is 13.2 Å². The zero-order valence-corrected chi connectivity index (χ0v) is 10.5. The van der Waals surface area contributed by atoms with Crippen LogP contribution >= 0.6 is 0 Å². The van der Waals surface area contributed by atoms with Crippen molar-refractivity contribution in [2.24, 2.45) is 0 Å². The highest BCUT2D eigenvalue weighted by Crippen LogP contribution is 2.32. The van der Waals surface area contributed by atoms with Crippen molar-refractivity contribution in [1.82, 2.24) is 4.72 Å². The topological polar surface area (TPSA) is 92.7 Å². The summed E-state index contributed by atoms with van der Waals surface area (Å²) in [5, 5.41) is 7.24. The van der Waals surface area contributed by atoms with E-state index < -0.39 is 27.3 Å². The van der Waals surface area contributed by atoms with Gasteiger partial charge in [-0.05, 0) is 13.0 Å². The first kappa shape index (κ1) is 12.8. The number of ether oxygens (including phenoxy) is 1. The molecule has 18 heavy (non-hydrogen) atoms. The number of rotatable bonds is 4. The van der Waals surface area contributed by atoms with E-state index in [1.54, 1.807) is 24.3 Å². The first-order valence-electron chi connectivity index (χ1n) is 5.37. The van der Waals surface area contributed by atoms with Gasteiger partial charge in [-0.3, -0.25) is 4.79 Å². The van der Waals surface area contributed by atoms with Crippen LogP contribution in [0.2, 0.25) is 0 Å². The summed E-state index contributed by atoms with van der Waals surface area (Å²) in [6.45, 7) is 1.30. The maximum Gasteiger partial charge on any atom is 0.323 e. The molecule has 1 aliphatic heterocycles. The van der Waals surface area contributed by atoms with Crippen molar-refractivity contribution < 1.29 is 23.1 Å². The number of aliphatic carboxylic acids is 1. The third-order valence-corrected chi connectivity index (χ3v) is 4.57. The van der Waals surface area contributed by atoms with Crippen molar-refractivity contribution in [3.63, 3.8) is 0 Å². The van der Waals surface area contributed by atoms with Crippen molar-refractivity contribution in [2.75, 3.05) is 6.61 Å². The van der Waals surface area contributed by atoms with Gasteiger partial charge in [-0.15, -0.1) is 0 Å². The van der Waals surface area contributed by atoms with Crippen molar-refractivity contribution >= 4 is 16.0 Å². The van der Waals surface area contributed by atoms with Crippen LogP contribution < -0.4 is 9.46 Å². The Labute approximate surface area is 105 Å². The number of fused-ring (bicyclic) bond motifs is 1. The molecule has 0 radical (unpaired) electrons. The molecule has 6 nitrogen and oxygen atoms in total. The normalized spacial score (nSPS) is 19.9. The predicted molar refractivity (Wildman–Crippen MR) is 63.8 cm³/mol. The third kappa shape index (κ3) is 2.32. The minimum absolute atomic E-state index is 0.172. The second kappa shape index (κ2) is 4.58. The van der Waals surface area contributed by atoms with Crippen LogP contribution in [0.1, 0.15) is 18.5 Å². The molecule has 0 saturated heterocycles. The Morgan fingerprint density at radius 1 is 1.50 bits per heavy atom. The van der Waals surface area contributed by atoms with Crippen LogP contribution in [0.15, 0.2) is 24.3 Å². The molecule has 0 saturated carbocycles. The zero-order chi connectivity index (χ0) is 13.3. The van der Waals surface area contributed by atoms with Gasteiger partial charge in [-0.2, -0.15) is 0 Å². The standard InChI is InChI=1S/C11H13NO5S/c1-7(11(13)14)18(15,16)12-9-6-17-10-5-3-2-4-8(9)10/h2-5,7,9,12H,6H2,1H3,(H,13,14). The van der Waals surface area contributed by atoms with Gasteiger partial charge in [0.05, 0.1) is 6.04 Å². The van der Waals surface area contributed by atoms with Crippen molar-refractivity contribution in [3.05, 3.63) is 29.8 Å². The Morgan fingerprint density at radius 2 is 2.17 bits per heavy atom. The number of para-hydroxylation sites is 1. The summed E-state index contributed by atoms with van der Waals surface area (Å²) in [5.41, 5.74) is 0.721. The molecule has 7 heteroatoms. The Hall–Kier alpha value is -1.60. The molecule has 0 spiro atoms. The summed E-state index contributed by atoms with van der Waals surface area (Å²) >= 11 is 0. The maximum absolute atomic E-state index is 11.8. The fraction of sp³-hybridized carbons (Fsp3) is 0.364. The van der Waals surface area contributed by atoms with Crippen LogP contribution in [0, 0.1) is 0 Å². The van der Waals surface area contributed by atoms with Gasteiger partial charge < -0.3 is 9.84 Å².